The van der Waals surface area contributed by atoms with Crippen LogP contribution in [0.25, 0.3) is 11.4 Å². The Morgan fingerprint density at radius 1 is 1.64 bits per heavy atom. The van der Waals surface area contributed by atoms with Crippen LogP contribution in [-0.4, -0.2) is 15.4 Å². The van der Waals surface area contributed by atoms with Gasteiger partial charge in [-0.05, 0) is 0 Å². The standard InChI is InChI=1S/C5H3N3O2S/c9-5-4(7-8-10-5)3-1-11-2-6-3/h1-2,8H. The lowest BCUT2D eigenvalue weighted by Gasteiger charge is -1.78. The van der Waals surface area contributed by atoms with Gasteiger partial charge in [-0.25, -0.2) is 9.78 Å². The average molecular weight is 169 g/mol. The lowest BCUT2D eigenvalue weighted by Crippen LogP contribution is -1.96. The van der Waals surface area contributed by atoms with E-state index >= 15 is 0 Å². The highest BCUT2D eigenvalue weighted by molar-refractivity contribution is 7.07. The number of aromatic nitrogens is 3. The molecule has 0 saturated carbocycles. The van der Waals surface area contributed by atoms with Gasteiger partial charge in [0.2, 0.25) is 0 Å². The van der Waals surface area contributed by atoms with Crippen molar-refractivity contribution in [3.8, 4) is 11.4 Å². The maximum absolute atomic E-state index is 10.8. The third kappa shape index (κ3) is 0.966. The second kappa shape index (κ2) is 2.31. The first kappa shape index (κ1) is 6.29. The van der Waals surface area contributed by atoms with Crippen LogP contribution < -0.4 is 5.63 Å². The molecule has 0 amide bonds. The van der Waals surface area contributed by atoms with E-state index in [9.17, 15) is 4.79 Å². The van der Waals surface area contributed by atoms with Crippen LogP contribution in [-0.2, 0) is 0 Å². The van der Waals surface area contributed by atoms with E-state index < -0.39 is 5.63 Å². The van der Waals surface area contributed by atoms with Gasteiger partial charge in [0.05, 0.1) is 5.51 Å². The number of rotatable bonds is 1. The molecule has 0 atom stereocenters. The number of nitrogens with zero attached hydrogens (tertiary/aromatic N) is 2. The Kier molecular flexibility index (Phi) is 1.32. The molecule has 0 bridgehead atoms. The quantitative estimate of drug-likeness (QED) is 0.674. The fraction of sp³-hybridized carbons (Fsp3) is 0. The Balaban J connectivity index is 2.62. The number of hydrogen-bond acceptors (Lipinski definition) is 5. The number of nitrogens with one attached hydrogen (secondary N) is 1. The molecular formula is C5H3N3O2S. The van der Waals surface area contributed by atoms with Crippen LogP contribution >= 0.6 is 11.3 Å². The number of thiazole rings is 1. The molecule has 6 heteroatoms. The predicted octanol–water partition coefficient (Wildman–Crippen LogP) is 0.486. The predicted molar refractivity (Wildman–Crippen MR) is 38.2 cm³/mol. The first-order chi connectivity index (χ1) is 5.38. The van der Waals surface area contributed by atoms with Crippen LogP contribution in [0.3, 0.4) is 0 Å². The van der Waals surface area contributed by atoms with Gasteiger partial charge in [0.1, 0.15) is 5.69 Å². The van der Waals surface area contributed by atoms with Gasteiger partial charge in [-0.15, -0.1) is 21.7 Å². The van der Waals surface area contributed by atoms with Gasteiger partial charge in [-0.2, -0.15) is 0 Å². The van der Waals surface area contributed by atoms with Crippen molar-refractivity contribution in [1.82, 2.24) is 15.4 Å². The van der Waals surface area contributed by atoms with Crippen molar-refractivity contribution >= 4 is 11.3 Å². The van der Waals surface area contributed by atoms with Crippen molar-refractivity contribution in [1.29, 1.82) is 0 Å². The summed E-state index contributed by atoms with van der Waals surface area (Å²) in [5.74, 6) is 0. The fourth-order valence-electron chi connectivity index (χ4n) is 0.695. The molecule has 11 heavy (non-hydrogen) atoms. The third-order valence-electron chi connectivity index (χ3n) is 1.16. The van der Waals surface area contributed by atoms with Crippen molar-refractivity contribution in [3.63, 3.8) is 0 Å². The van der Waals surface area contributed by atoms with Crippen molar-refractivity contribution < 1.29 is 4.52 Å². The molecule has 2 aromatic rings. The van der Waals surface area contributed by atoms with Gasteiger partial charge in [0, 0.05) is 5.38 Å². The molecule has 0 unspecified atom stereocenters. The fourth-order valence-corrected chi connectivity index (χ4v) is 1.23. The summed E-state index contributed by atoms with van der Waals surface area (Å²) in [6.45, 7) is 0. The van der Waals surface area contributed by atoms with E-state index in [-0.39, 0.29) is 5.69 Å². The van der Waals surface area contributed by atoms with Crippen molar-refractivity contribution in [2.24, 2.45) is 0 Å². The van der Waals surface area contributed by atoms with Crippen molar-refractivity contribution in [2.45, 2.75) is 0 Å². The molecule has 0 radical (unpaired) electrons. The summed E-state index contributed by atoms with van der Waals surface area (Å²) in [4.78, 5) is 14.7. The molecule has 0 aromatic carbocycles. The smallest absolute Gasteiger partial charge is 0.319 e. The normalized spacial score (nSPS) is 10.2. The molecule has 0 spiro atoms. The summed E-state index contributed by atoms with van der Waals surface area (Å²) in [5, 5.41) is 7.44. The van der Waals surface area contributed by atoms with Crippen LogP contribution in [0.5, 0.6) is 0 Å². The van der Waals surface area contributed by atoms with Crippen molar-refractivity contribution in [3.05, 3.63) is 21.3 Å². The number of H-pyrrole nitrogens is 1. The van der Waals surface area contributed by atoms with E-state index in [0.29, 0.717) is 5.69 Å². The second-order valence-corrected chi connectivity index (χ2v) is 2.53. The van der Waals surface area contributed by atoms with E-state index in [4.69, 9.17) is 0 Å². The summed E-state index contributed by atoms with van der Waals surface area (Å²) < 4.78 is 4.36. The zero-order valence-corrected chi connectivity index (χ0v) is 6.09. The molecule has 0 aliphatic heterocycles. The zero-order chi connectivity index (χ0) is 7.68. The van der Waals surface area contributed by atoms with Crippen LogP contribution in [0.15, 0.2) is 20.2 Å². The van der Waals surface area contributed by atoms with E-state index in [2.05, 4.69) is 19.9 Å². The minimum absolute atomic E-state index is 0.228. The highest BCUT2D eigenvalue weighted by Gasteiger charge is 2.08. The first-order valence-corrected chi connectivity index (χ1v) is 3.74. The Labute approximate surface area is 64.7 Å². The maximum Gasteiger partial charge on any atom is 0.387 e. The van der Waals surface area contributed by atoms with Crippen LogP contribution in [0.2, 0.25) is 0 Å². The minimum Gasteiger partial charge on any atom is -0.319 e. The SMILES string of the molecule is O=c1o[nH]nc1-c1cscn1. The summed E-state index contributed by atoms with van der Waals surface area (Å²) in [6, 6.07) is 0. The lowest BCUT2D eigenvalue weighted by molar-refractivity contribution is 0.368. The van der Waals surface area contributed by atoms with Gasteiger partial charge in [0.15, 0.2) is 5.69 Å². The van der Waals surface area contributed by atoms with E-state index in [1.54, 1.807) is 10.9 Å². The van der Waals surface area contributed by atoms with Crippen LogP contribution in [0.1, 0.15) is 0 Å². The molecular weight excluding hydrogens is 166 g/mol. The van der Waals surface area contributed by atoms with E-state index in [0.717, 1.165) is 0 Å². The molecule has 0 aliphatic carbocycles. The molecule has 0 fully saturated rings. The summed E-state index contributed by atoms with van der Waals surface area (Å²) in [6.07, 6.45) is 0. The van der Waals surface area contributed by atoms with Crippen molar-refractivity contribution in [2.75, 3.05) is 0 Å². The van der Waals surface area contributed by atoms with E-state index in [1.807, 2.05) is 0 Å². The molecule has 56 valence electrons. The second-order valence-electron chi connectivity index (χ2n) is 1.81. The topological polar surface area (TPSA) is 71.8 Å². The Hall–Kier alpha value is -1.43. The van der Waals surface area contributed by atoms with Gasteiger partial charge in [-0.1, -0.05) is 0 Å². The number of hydrogen-bond donors (Lipinski definition) is 1. The van der Waals surface area contributed by atoms with Gasteiger partial charge in [-0.3, -0.25) is 0 Å². The van der Waals surface area contributed by atoms with Gasteiger partial charge < -0.3 is 4.52 Å². The highest BCUT2D eigenvalue weighted by Crippen LogP contribution is 2.10. The monoisotopic (exact) mass is 169 g/mol. The van der Waals surface area contributed by atoms with Crippen LogP contribution in [0, 0.1) is 0 Å². The molecule has 1 N–H and O–H groups in total. The Morgan fingerprint density at radius 2 is 2.55 bits per heavy atom. The molecule has 5 nitrogen and oxygen atoms in total. The Morgan fingerprint density at radius 3 is 3.09 bits per heavy atom. The van der Waals surface area contributed by atoms with Gasteiger partial charge in [0.25, 0.3) is 0 Å². The van der Waals surface area contributed by atoms with Crippen LogP contribution in [0.4, 0.5) is 0 Å². The third-order valence-corrected chi connectivity index (χ3v) is 1.75. The Bertz CT molecular complexity index is 388. The first-order valence-electron chi connectivity index (χ1n) is 2.80. The molecule has 2 aromatic heterocycles. The summed E-state index contributed by atoms with van der Waals surface area (Å²) in [5.41, 5.74) is 1.91. The zero-order valence-electron chi connectivity index (χ0n) is 5.27. The lowest BCUT2D eigenvalue weighted by atomic mass is 10.4. The highest BCUT2D eigenvalue weighted by atomic mass is 32.1. The summed E-state index contributed by atoms with van der Waals surface area (Å²) in [7, 11) is 0. The number of aromatic amines is 1. The molecule has 2 heterocycles. The van der Waals surface area contributed by atoms with E-state index in [1.165, 1.54) is 11.3 Å². The minimum atomic E-state index is -0.490. The molecule has 2 rings (SSSR count). The summed E-state index contributed by atoms with van der Waals surface area (Å²) >= 11 is 1.40. The maximum atomic E-state index is 10.8. The average Bonchev–Trinajstić information content (AvgIpc) is 2.55. The largest absolute Gasteiger partial charge is 0.387 e. The van der Waals surface area contributed by atoms with Gasteiger partial charge >= 0.3 is 5.63 Å². The molecule has 0 saturated heterocycles. The molecule has 0 aliphatic rings.